The Bertz CT molecular complexity index is 395. The minimum atomic E-state index is -3.37. The lowest BCUT2D eigenvalue weighted by molar-refractivity contribution is 0.601. The fourth-order valence-electron chi connectivity index (χ4n) is 0.749. The van der Waals surface area contributed by atoms with Gasteiger partial charge in [-0.05, 0) is 24.6 Å². The number of rotatable bonds is 2. The summed E-state index contributed by atoms with van der Waals surface area (Å²) in [5.41, 5.74) is 0.866. The minimum absolute atomic E-state index is 0.0532. The quantitative estimate of drug-likeness (QED) is 0.694. The van der Waals surface area contributed by atoms with E-state index in [0.29, 0.717) is 0 Å². The van der Waals surface area contributed by atoms with Crippen molar-refractivity contribution in [2.45, 2.75) is 11.9 Å². The molecule has 0 fully saturated rings. The van der Waals surface area contributed by atoms with Crippen LogP contribution in [-0.4, -0.2) is 13.4 Å². The van der Waals surface area contributed by atoms with Gasteiger partial charge in [0, 0.05) is 11.6 Å². The van der Waals surface area contributed by atoms with Gasteiger partial charge in [0.2, 0.25) is 9.84 Å². The molecule has 0 radical (unpaired) electrons. The molecular formula is C8H9NO2S. The third-order valence-corrected chi connectivity index (χ3v) is 2.65. The van der Waals surface area contributed by atoms with Gasteiger partial charge in [0.25, 0.3) is 0 Å². The van der Waals surface area contributed by atoms with E-state index in [2.05, 4.69) is 11.6 Å². The van der Waals surface area contributed by atoms with Crippen molar-refractivity contribution in [3.8, 4) is 0 Å². The maximum atomic E-state index is 11.2. The second-order valence-corrected chi connectivity index (χ2v) is 4.22. The summed E-state index contributed by atoms with van der Waals surface area (Å²) >= 11 is 0. The molecule has 0 aliphatic rings. The first-order valence-electron chi connectivity index (χ1n) is 3.36. The molecule has 0 saturated carbocycles. The zero-order valence-electron chi connectivity index (χ0n) is 6.69. The van der Waals surface area contributed by atoms with Gasteiger partial charge in [-0.2, -0.15) is 0 Å². The van der Waals surface area contributed by atoms with Crippen LogP contribution in [0.2, 0.25) is 0 Å². The lowest BCUT2D eigenvalue weighted by atomic mass is 10.3. The van der Waals surface area contributed by atoms with Gasteiger partial charge < -0.3 is 0 Å². The Morgan fingerprint density at radius 2 is 2.25 bits per heavy atom. The van der Waals surface area contributed by atoms with Crippen molar-refractivity contribution >= 4 is 9.84 Å². The van der Waals surface area contributed by atoms with Crippen molar-refractivity contribution in [2.75, 3.05) is 0 Å². The van der Waals surface area contributed by atoms with E-state index >= 15 is 0 Å². The molecule has 12 heavy (non-hydrogen) atoms. The predicted octanol–water partition coefficient (Wildman–Crippen LogP) is 1.31. The highest BCUT2D eigenvalue weighted by Crippen LogP contribution is 2.09. The monoisotopic (exact) mass is 183 g/mol. The van der Waals surface area contributed by atoms with Crippen molar-refractivity contribution < 1.29 is 8.42 Å². The number of hydrogen-bond acceptors (Lipinski definition) is 3. The summed E-state index contributed by atoms with van der Waals surface area (Å²) in [4.78, 5) is 3.72. The number of aromatic nitrogens is 1. The molecule has 0 unspecified atom stereocenters. The van der Waals surface area contributed by atoms with Gasteiger partial charge >= 0.3 is 0 Å². The van der Waals surface area contributed by atoms with Crippen molar-refractivity contribution in [1.29, 1.82) is 0 Å². The maximum absolute atomic E-state index is 11.2. The van der Waals surface area contributed by atoms with Crippen LogP contribution in [0.4, 0.5) is 0 Å². The molecule has 0 spiro atoms. The highest BCUT2D eigenvalue weighted by molar-refractivity contribution is 7.94. The summed E-state index contributed by atoms with van der Waals surface area (Å²) < 4.78 is 22.3. The minimum Gasteiger partial charge on any atom is -0.244 e. The molecule has 64 valence electrons. The number of sulfone groups is 1. The van der Waals surface area contributed by atoms with Crippen molar-refractivity contribution in [3.63, 3.8) is 0 Å². The molecule has 1 rings (SSSR count). The van der Waals surface area contributed by atoms with E-state index in [4.69, 9.17) is 0 Å². The van der Waals surface area contributed by atoms with Crippen LogP contribution in [0, 0.1) is 6.92 Å². The Morgan fingerprint density at radius 1 is 1.58 bits per heavy atom. The molecule has 0 amide bonds. The van der Waals surface area contributed by atoms with Crippen molar-refractivity contribution in [1.82, 2.24) is 4.98 Å². The first-order valence-corrected chi connectivity index (χ1v) is 4.91. The molecule has 4 heteroatoms. The van der Waals surface area contributed by atoms with Gasteiger partial charge in [0.1, 0.15) is 0 Å². The smallest absolute Gasteiger partial charge is 0.216 e. The van der Waals surface area contributed by atoms with Crippen LogP contribution in [-0.2, 0) is 9.84 Å². The summed E-state index contributed by atoms with van der Waals surface area (Å²) in [7, 11) is -3.37. The number of aryl methyl sites for hydroxylation is 1. The van der Waals surface area contributed by atoms with Gasteiger partial charge in [-0.3, -0.25) is 0 Å². The third kappa shape index (κ3) is 1.71. The van der Waals surface area contributed by atoms with E-state index in [9.17, 15) is 8.42 Å². The normalized spacial score (nSPS) is 11.1. The largest absolute Gasteiger partial charge is 0.244 e. The second kappa shape index (κ2) is 3.06. The molecule has 1 heterocycles. The Hall–Kier alpha value is -1.16. The standard InChI is InChI=1S/C8H9NO2S/c1-3-12(10,11)8-6-7(2)4-5-9-8/h3-6H,1H2,2H3. The van der Waals surface area contributed by atoms with Gasteiger partial charge in [-0.25, -0.2) is 13.4 Å². The summed E-state index contributed by atoms with van der Waals surface area (Å²) in [5.74, 6) is 0. The highest BCUT2D eigenvalue weighted by Gasteiger charge is 2.09. The van der Waals surface area contributed by atoms with Crippen LogP contribution in [0.3, 0.4) is 0 Å². The number of nitrogens with zero attached hydrogens (tertiary/aromatic N) is 1. The topological polar surface area (TPSA) is 47.0 Å². The molecule has 1 aromatic rings. The number of pyridine rings is 1. The van der Waals surface area contributed by atoms with Gasteiger partial charge in [-0.1, -0.05) is 6.58 Å². The van der Waals surface area contributed by atoms with E-state index in [1.165, 1.54) is 12.3 Å². The molecule has 0 atom stereocenters. The van der Waals surface area contributed by atoms with E-state index in [0.717, 1.165) is 11.0 Å². The van der Waals surface area contributed by atoms with Crippen LogP contribution >= 0.6 is 0 Å². The molecule has 0 aliphatic heterocycles. The van der Waals surface area contributed by atoms with Gasteiger partial charge in [0.05, 0.1) is 0 Å². The molecule has 0 aliphatic carbocycles. The first-order chi connectivity index (χ1) is 5.56. The van der Waals surface area contributed by atoms with Crippen LogP contribution in [0.15, 0.2) is 35.3 Å². The number of hydrogen-bond donors (Lipinski definition) is 0. The molecule has 1 aromatic heterocycles. The van der Waals surface area contributed by atoms with Crippen LogP contribution in [0.1, 0.15) is 5.56 Å². The summed E-state index contributed by atoms with van der Waals surface area (Å²) in [5, 5.41) is 0.951. The Kier molecular flexibility index (Phi) is 2.28. The predicted molar refractivity (Wildman–Crippen MR) is 46.4 cm³/mol. The molecule has 0 saturated heterocycles. The highest BCUT2D eigenvalue weighted by atomic mass is 32.2. The second-order valence-electron chi connectivity index (χ2n) is 2.38. The van der Waals surface area contributed by atoms with E-state index in [1.807, 2.05) is 6.92 Å². The Balaban J connectivity index is 3.30. The van der Waals surface area contributed by atoms with Gasteiger partial charge in [-0.15, -0.1) is 0 Å². The molecular weight excluding hydrogens is 174 g/mol. The SMILES string of the molecule is C=CS(=O)(=O)c1cc(C)ccn1. The van der Waals surface area contributed by atoms with E-state index in [-0.39, 0.29) is 5.03 Å². The van der Waals surface area contributed by atoms with E-state index < -0.39 is 9.84 Å². The van der Waals surface area contributed by atoms with Crippen molar-refractivity contribution in [3.05, 3.63) is 35.9 Å². The maximum Gasteiger partial charge on any atom is 0.216 e. The summed E-state index contributed by atoms with van der Waals surface area (Å²) in [6.07, 6.45) is 1.46. The molecule has 0 bridgehead atoms. The lowest BCUT2D eigenvalue weighted by Gasteiger charge is -1.97. The lowest BCUT2D eigenvalue weighted by Crippen LogP contribution is -1.98. The Morgan fingerprint density at radius 3 is 2.75 bits per heavy atom. The molecule has 3 nitrogen and oxygen atoms in total. The zero-order valence-corrected chi connectivity index (χ0v) is 7.50. The van der Waals surface area contributed by atoms with Gasteiger partial charge in [0.15, 0.2) is 5.03 Å². The van der Waals surface area contributed by atoms with Crippen LogP contribution < -0.4 is 0 Å². The average molecular weight is 183 g/mol. The third-order valence-electron chi connectivity index (χ3n) is 1.40. The Labute approximate surface area is 71.7 Å². The van der Waals surface area contributed by atoms with E-state index in [1.54, 1.807) is 6.07 Å². The average Bonchev–Trinajstić information content (AvgIpc) is 2.05. The van der Waals surface area contributed by atoms with Crippen molar-refractivity contribution in [2.24, 2.45) is 0 Å². The fourth-order valence-corrected chi connectivity index (χ4v) is 1.48. The summed E-state index contributed by atoms with van der Waals surface area (Å²) in [6, 6.07) is 3.25. The van der Waals surface area contributed by atoms with Crippen LogP contribution in [0.5, 0.6) is 0 Å². The molecule has 0 N–H and O–H groups in total. The first kappa shape index (κ1) is 8.93. The van der Waals surface area contributed by atoms with Crippen LogP contribution in [0.25, 0.3) is 0 Å². The molecule has 0 aromatic carbocycles. The zero-order chi connectivity index (χ0) is 9.19. The summed E-state index contributed by atoms with van der Waals surface area (Å²) in [6.45, 7) is 5.02. The fraction of sp³-hybridized carbons (Fsp3) is 0.125.